The minimum absolute atomic E-state index is 0.0605. The van der Waals surface area contributed by atoms with Crippen molar-refractivity contribution >= 4 is 5.97 Å². The Bertz CT molecular complexity index is 304. The van der Waals surface area contributed by atoms with Gasteiger partial charge in [-0.15, -0.1) is 0 Å². The number of carbonyl (C=O) groups is 1. The van der Waals surface area contributed by atoms with E-state index >= 15 is 0 Å². The minimum Gasteiger partial charge on any atom is -0.459 e. The topological polar surface area (TPSA) is 26.3 Å². The van der Waals surface area contributed by atoms with Gasteiger partial charge in [-0.3, -0.25) is 4.79 Å². The van der Waals surface area contributed by atoms with Crippen LogP contribution >= 0.6 is 0 Å². The van der Waals surface area contributed by atoms with Gasteiger partial charge in [0.1, 0.15) is 5.60 Å². The highest BCUT2D eigenvalue weighted by molar-refractivity contribution is 5.66. The number of carbonyl (C=O) groups excluding carboxylic acids is 1. The summed E-state index contributed by atoms with van der Waals surface area (Å²) in [6.07, 6.45) is 11.6. The molecule has 3 rings (SSSR count). The van der Waals surface area contributed by atoms with Crippen LogP contribution < -0.4 is 0 Å². The molecule has 17 heavy (non-hydrogen) atoms. The first-order valence-electron chi connectivity index (χ1n) is 7.39. The summed E-state index contributed by atoms with van der Waals surface area (Å²) in [6.45, 7) is 1.59. The van der Waals surface area contributed by atoms with E-state index in [4.69, 9.17) is 4.74 Å². The van der Waals surface area contributed by atoms with E-state index < -0.39 is 0 Å². The van der Waals surface area contributed by atoms with Crippen molar-refractivity contribution in [1.29, 1.82) is 0 Å². The molecule has 0 spiro atoms. The Morgan fingerprint density at radius 1 is 1.12 bits per heavy atom. The number of rotatable bonds is 2. The molecule has 3 saturated carbocycles. The van der Waals surface area contributed by atoms with Crippen LogP contribution in [0.5, 0.6) is 0 Å². The second-order valence-corrected chi connectivity index (χ2v) is 6.50. The molecule has 3 aliphatic carbocycles. The van der Waals surface area contributed by atoms with Crippen molar-refractivity contribution in [1.82, 2.24) is 0 Å². The van der Waals surface area contributed by atoms with Gasteiger partial charge >= 0.3 is 5.97 Å². The van der Waals surface area contributed by atoms with Crippen LogP contribution in [-0.4, -0.2) is 11.6 Å². The Labute approximate surface area is 104 Å². The molecule has 3 fully saturated rings. The fraction of sp³-hybridized carbons (Fsp3) is 0.933. The Morgan fingerprint density at radius 2 is 1.88 bits per heavy atom. The number of fused-ring (bicyclic) bond motifs is 2. The van der Waals surface area contributed by atoms with E-state index in [2.05, 4.69) is 0 Å². The monoisotopic (exact) mass is 236 g/mol. The van der Waals surface area contributed by atoms with Crippen LogP contribution in [0.15, 0.2) is 0 Å². The largest absolute Gasteiger partial charge is 0.459 e. The molecule has 0 N–H and O–H groups in total. The molecule has 0 aliphatic heterocycles. The summed E-state index contributed by atoms with van der Waals surface area (Å²) in [5.41, 5.74) is -0.0656. The predicted molar refractivity (Wildman–Crippen MR) is 66.5 cm³/mol. The summed E-state index contributed by atoms with van der Waals surface area (Å²) in [5.74, 6) is 2.43. The smallest absolute Gasteiger partial charge is 0.303 e. The van der Waals surface area contributed by atoms with Crippen LogP contribution in [-0.2, 0) is 9.53 Å². The van der Waals surface area contributed by atoms with Gasteiger partial charge in [0.15, 0.2) is 0 Å². The zero-order chi connectivity index (χ0) is 11.9. The second kappa shape index (κ2) is 4.29. The first kappa shape index (κ1) is 11.6. The van der Waals surface area contributed by atoms with Crippen LogP contribution in [0.1, 0.15) is 64.7 Å². The lowest BCUT2D eigenvalue weighted by Crippen LogP contribution is -2.46. The maximum atomic E-state index is 11.5. The van der Waals surface area contributed by atoms with Crippen molar-refractivity contribution in [2.24, 2.45) is 17.8 Å². The molecular weight excluding hydrogens is 212 g/mol. The number of ether oxygens (including phenoxy) is 1. The third-order valence-corrected chi connectivity index (χ3v) is 5.46. The van der Waals surface area contributed by atoms with E-state index in [-0.39, 0.29) is 11.6 Å². The average molecular weight is 236 g/mol. The van der Waals surface area contributed by atoms with E-state index in [0.717, 1.165) is 24.7 Å². The Kier molecular flexibility index (Phi) is 2.92. The molecule has 0 amide bonds. The highest BCUT2D eigenvalue weighted by atomic mass is 16.6. The van der Waals surface area contributed by atoms with Crippen molar-refractivity contribution in [3.05, 3.63) is 0 Å². The van der Waals surface area contributed by atoms with Crippen molar-refractivity contribution in [3.8, 4) is 0 Å². The SMILES string of the molecule is CC(=O)OC1(C2CC3CCC2C3)CCCCC1. The van der Waals surface area contributed by atoms with Crippen molar-refractivity contribution in [2.75, 3.05) is 0 Å². The fourth-order valence-corrected chi connectivity index (χ4v) is 4.87. The molecule has 0 heterocycles. The van der Waals surface area contributed by atoms with E-state index in [1.54, 1.807) is 6.92 Å². The Balaban J connectivity index is 1.80. The van der Waals surface area contributed by atoms with Gasteiger partial charge in [0.2, 0.25) is 0 Å². The zero-order valence-corrected chi connectivity index (χ0v) is 10.9. The first-order chi connectivity index (χ1) is 8.20. The maximum Gasteiger partial charge on any atom is 0.303 e. The Morgan fingerprint density at radius 3 is 2.41 bits per heavy atom. The van der Waals surface area contributed by atoms with Gasteiger partial charge in [0, 0.05) is 12.8 Å². The van der Waals surface area contributed by atoms with Crippen molar-refractivity contribution in [2.45, 2.75) is 70.3 Å². The molecule has 0 aromatic heterocycles. The lowest BCUT2D eigenvalue weighted by Gasteiger charge is -2.44. The minimum atomic E-state index is -0.0656. The van der Waals surface area contributed by atoms with Crippen LogP contribution in [0, 0.1) is 17.8 Å². The number of hydrogen-bond donors (Lipinski definition) is 0. The van der Waals surface area contributed by atoms with Crippen molar-refractivity contribution < 1.29 is 9.53 Å². The molecule has 3 unspecified atom stereocenters. The maximum absolute atomic E-state index is 11.5. The van der Waals surface area contributed by atoms with Gasteiger partial charge in [-0.2, -0.15) is 0 Å². The molecule has 3 atom stereocenters. The van der Waals surface area contributed by atoms with Crippen LogP contribution in [0.25, 0.3) is 0 Å². The third-order valence-electron chi connectivity index (χ3n) is 5.46. The molecule has 2 bridgehead atoms. The summed E-state index contributed by atoms with van der Waals surface area (Å²) in [5, 5.41) is 0. The van der Waals surface area contributed by atoms with Gasteiger partial charge in [-0.1, -0.05) is 12.8 Å². The second-order valence-electron chi connectivity index (χ2n) is 6.50. The van der Waals surface area contributed by atoms with Crippen molar-refractivity contribution in [3.63, 3.8) is 0 Å². The summed E-state index contributed by atoms with van der Waals surface area (Å²) in [4.78, 5) is 11.5. The van der Waals surface area contributed by atoms with E-state index in [1.165, 1.54) is 44.9 Å². The first-order valence-corrected chi connectivity index (χ1v) is 7.39. The number of esters is 1. The van der Waals surface area contributed by atoms with E-state index in [9.17, 15) is 4.79 Å². The van der Waals surface area contributed by atoms with Gasteiger partial charge in [0.05, 0.1) is 0 Å². The lowest BCUT2D eigenvalue weighted by atomic mass is 9.69. The summed E-state index contributed by atoms with van der Waals surface area (Å²) in [7, 11) is 0. The van der Waals surface area contributed by atoms with Gasteiger partial charge in [0.25, 0.3) is 0 Å². The average Bonchev–Trinajstić information content (AvgIpc) is 2.91. The highest BCUT2D eigenvalue weighted by Gasteiger charge is 2.52. The predicted octanol–water partition coefficient (Wildman–Crippen LogP) is 3.69. The quantitative estimate of drug-likeness (QED) is 0.683. The van der Waals surface area contributed by atoms with E-state index in [0.29, 0.717) is 5.92 Å². The molecule has 2 nitrogen and oxygen atoms in total. The molecule has 0 aromatic rings. The van der Waals surface area contributed by atoms with E-state index in [1.807, 2.05) is 0 Å². The Hall–Kier alpha value is -0.530. The van der Waals surface area contributed by atoms with Crippen LogP contribution in [0.2, 0.25) is 0 Å². The lowest BCUT2D eigenvalue weighted by molar-refractivity contribution is -0.172. The van der Waals surface area contributed by atoms with Gasteiger partial charge in [-0.25, -0.2) is 0 Å². The fourth-order valence-electron chi connectivity index (χ4n) is 4.87. The third kappa shape index (κ3) is 2.00. The standard InChI is InChI=1S/C15H24O2/c1-11(16)17-15(7-3-2-4-8-15)14-10-12-5-6-13(14)9-12/h12-14H,2-10H2,1H3. The summed E-state index contributed by atoms with van der Waals surface area (Å²) >= 11 is 0. The zero-order valence-electron chi connectivity index (χ0n) is 10.9. The van der Waals surface area contributed by atoms with Gasteiger partial charge in [-0.05, 0) is 56.8 Å². The highest BCUT2D eigenvalue weighted by Crippen LogP contribution is 2.56. The molecule has 96 valence electrons. The van der Waals surface area contributed by atoms with Gasteiger partial charge < -0.3 is 4.74 Å². The number of hydrogen-bond acceptors (Lipinski definition) is 2. The molecular formula is C15H24O2. The molecule has 2 heteroatoms. The molecule has 3 aliphatic rings. The molecule has 0 aromatic carbocycles. The summed E-state index contributed by atoms with van der Waals surface area (Å²) < 4.78 is 5.88. The molecule has 0 saturated heterocycles. The van der Waals surface area contributed by atoms with Crippen LogP contribution in [0.3, 0.4) is 0 Å². The van der Waals surface area contributed by atoms with Crippen LogP contribution in [0.4, 0.5) is 0 Å². The normalized spacial score (nSPS) is 39.2. The summed E-state index contributed by atoms with van der Waals surface area (Å²) in [6, 6.07) is 0. The molecule has 0 radical (unpaired) electrons.